The number of amides is 2. The van der Waals surface area contributed by atoms with Crippen molar-refractivity contribution in [1.82, 2.24) is 4.90 Å². The van der Waals surface area contributed by atoms with Gasteiger partial charge in [0.15, 0.2) is 11.5 Å². The summed E-state index contributed by atoms with van der Waals surface area (Å²) in [7, 11) is 1.55. The Labute approximate surface area is 226 Å². The van der Waals surface area contributed by atoms with Gasteiger partial charge in [-0.15, -0.1) is 0 Å². The van der Waals surface area contributed by atoms with Gasteiger partial charge in [0.2, 0.25) is 0 Å². The van der Waals surface area contributed by atoms with E-state index in [-0.39, 0.29) is 11.0 Å². The molecule has 4 rings (SSSR count). The second-order valence-corrected chi connectivity index (χ2v) is 10.5. The summed E-state index contributed by atoms with van der Waals surface area (Å²) < 4.78 is 17.5. The highest BCUT2D eigenvalue weighted by atomic mass is 127. The second kappa shape index (κ2) is 11.3. The Hall–Kier alpha value is -3.05. The fourth-order valence-corrected chi connectivity index (χ4v) is 5.28. The minimum Gasteiger partial charge on any atom is -0.493 e. The van der Waals surface area contributed by atoms with Crippen LogP contribution in [0.3, 0.4) is 0 Å². The Morgan fingerprint density at radius 1 is 1.08 bits per heavy atom. The minimum atomic E-state index is -0.627. The molecule has 0 atom stereocenters. The molecule has 1 fully saturated rings. The fourth-order valence-electron chi connectivity index (χ4n) is 3.66. The third-order valence-corrected chi connectivity index (χ3v) is 6.98. The summed E-state index contributed by atoms with van der Waals surface area (Å²) in [4.78, 5) is 38.1. The van der Waals surface area contributed by atoms with E-state index >= 15 is 0 Å². The molecule has 9 heteroatoms. The van der Waals surface area contributed by atoms with Gasteiger partial charge in [-0.25, -0.2) is 0 Å². The molecule has 1 heterocycles. The highest BCUT2D eigenvalue weighted by Gasteiger charge is 2.36. The molecule has 1 aliphatic rings. The van der Waals surface area contributed by atoms with Crippen LogP contribution in [0.5, 0.6) is 11.5 Å². The first-order chi connectivity index (χ1) is 17.2. The Morgan fingerprint density at radius 3 is 2.56 bits per heavy atom. The van der Waals surface area contributed by atoms with Crippen molar-refractivity contribution in [3.8, 4) is 11.5 Å². The highest BCUT2D eigenvalue weighted by Crippen LogP contribution is 2.37. The summed E-state index contributed by atoms with van der Waals surface area (Å²) in [6.45, 7) is 3.36. The van der Waals surface area contributed by atoms with Gasteiger partial charge in [-0.05, 0) is 94.4 Å². The van der Waals surface area contributed by atoms with Crippen LogP contribution in [0.15, 0.2) is 59.5 Å². The van der Waals surface area contributed by atoms with Crippen molar-refractivity contribution in [1.29, 1.82) is 0 Å². The van der Waals surface area contributed by atoms with E-state index in [1.165, 1.54) is 5.39 Å². The van der Waals surface area contributed by atoms with Gasteiger partial charge in [-0.3, -0.25) is 19.3 Å². The number of carbonyl (C=O) groups is 3. The standard InChI is InChI=1S/C27H24INO6S/c1-16(2)35-24(30)14-29-26(31)23(36-27(29)32)13-18-11-21(28)25(22(12-18)33-3)34-15-17-8-9-19-6-4-5-7-20(19)10-17/h4-13,16H,14-15H2,1-3H3/b23-13+. The number of thioether (sulfide) groups is 1. The summed E-state index contributed by atoms with van der Waals surface area (Å²) in [5, 5.41) is 1.80. The molecule has 2 amide bonds. The number of fused-ring (bicyclic) bond motifs is 1. The number of methoxy groups -OCH3 is 1. The first-order valence-electron chi connectivity index (χ1n) is 11.2. The number of halogens is 1. The molecule has 0 saturated carbocycles. The van der Waals surface area contributed by atoms with E-state index in [0.29, 0.717) is 23.7 Å². The van der Waals surface area contributed by atoms with E-state index in [1.54, 1.807) is 33.1 Å². The van der Waals surface area contributed by atoms with Gasteiger partial charge in [0, 0.05) is 0 Å². The van der Waals surface area contributed by atoms with Crippen molar-refractivity contribution in [3.63, 3.8) is 0 Å². The van der Waals surface area contributed by atoms with Crippen LogP contribution in [-0.4, -0.2) is 41.8 Å². The lowest BCUT2D eigenvalue weighted by Gasteiger charge is -2.14. The van der Waals surface area contributed by atoms with Crippen molar-refractivity contribution >= 4 is 68.3 Å². The molecule has 3 aromatic carbocycles. The summed E-state index contributed by atoms with van der Waals surface area (Å²) in [6, 6.07) is 17.9. The molecule has 0 N–H and O–H groups in total. The summed E-state index contributed by atoms with van der Waals surface area (Å²) >= 11 is 2.94. The van der Waals surface area contributed by atoms with Gasteiger partial charge in [0.1, 0.15) is 13.2 Å². The average molecular weight is 617 g/mol. The molecule has 3 aromatic rings. The average Bonchev–Trinajstić information content (AvgIpc) is 3.09. The van der Waals surface area contributed by atoms with Crippen molar-refractivity contribution in [2.45, 2.75) is 26.6 Å². The van der Waals surface area contributed by atoms with Crippen molar-refractivity contribution < 1.29 is 28.6 Å². The fraction of sp³-hybridized carbons (Fsp3) is 0.222. The van der Waals surface area contributed by atoms with E-state index < -0.39 is 23.7 Å². The van der Waals surface area contributed by atoms with E-state index in [2.05, 4.69) is 46.9 Å². The molecule has 0 bridgehead atoms. The maximum atomic E-state index is 12.8. The summed E-state index contributed by atoms with van der Waals surface area (Å²) in [5.74, 6) is -0.0596. The predicted octanol–water partition coefficient (Wildman–Crippen LogP) is 6.02. The molecular formula is C27H24INO6S. The molecule has 0 aliphatic carbocycles. The normalized spacial score (nSPS) is 14.7. The lowest BCUT2D eigenvalue weighted by atomic mass is 10.1. The third kappa shape index (κ3) is 6.01. The van der Waals surface area contributed by atoms with Gasteiger partial charge in [-0.2, -0.15) is 0 Å². The van der Waals surface area contributed by atoms with Crippen molar-refractivity contribution in [2.75, 3.05) is 13.7 Å². The lowest BCUT2D eigenvalue weighted by Crippen LogP contribution is -2.35. The molecular weight excluding hydrogens is 593 g/mol. The molecule has 36 heavy (non-hydrogen) atoms. The van der Waals surface area contributed by atoms with Crippen LogP contribution >= 0.6 is 34.4 Å². The monoisotopic (exact) mass is 617 g/mol. The number of carbonyl (C=O) groups excluding carboxylic acids is 3. The molecule has 1 aliphatic heterocycles. The minimum absolute atomic E-state index is 0.222. The van der Waals surface area contributed by atoms with Crippen LogP contribution < -0.4 is 9.47 Å². The Balaban J connectivity index is 1.51. The Bertz CT molecular complexity index is 1370. The third-order valence-electron chi connectivity index (χ3n) is 5.27. The topological polar surface area (TPSA) is 82.1 Å². The Kier molecular flexibility index (Phi) is 8.20. The SMILES string of the molecule is COc1cc(/C=C2/SC(=O)N(CC(=O)OC(C)C)C2=O)cc(I)c1OCc1ccc2ccccc2c1. The Morgan fingerprint density at radius 2 is 1.83 bits per heavy atom. The molecule has 7 nitrogen and oxygen atoms in total. The van der Waals surface area contributed by atoms with E-state index in [1.807, 2.05) is 24.3 Å². The zero-order chi connectivity index (χ0) is 25.8. The van der Waals surface area contributed by atoms with Crippen LogP contribution in [0.25, 0.3) is 16.8 Å². The van der Waals surface area contributed by atoms with Crippen LogP contribution in [0.2, 0.25) is 0 Å². The number of nitrogens with zero attached hydrogens (tertiary/aromatic N) is 1. The van der Waals surface area contributed by atoms with Crippen molar-refractivity contribution in [2.24, 2.45) is 0 Å². The number of benzene rings is 3. The van der Waals surface area contributed by atoms with Crippen LogP contribution in [-0.2, 0) is 20.9 Å². The number of rotatable bonds is 8. The number of hydrogen-bond donors (Lipinski definition) is 0. The predicted molar refractivity (Wildman–Crippen MR) is 148 cm³/mol. The first kappa shape index (κ1) is 26.0. The molecule has 0 unspecified atom stereocenters. The van der Waals surface area contributed by atoms with E-state index in [4.69, 9.17) is 14.2 Å². The maximum Gasteiger partial charge on any atom is 0.326 e. The lowest BCUT2D eigenvalue weighted by molar-refractivity contribution is -0.149. The van der Waals surface area contributed by atoms with Gasteiger partial charge >= 0.3 is 5.97 Å². The number of hydrogen-bond acceptors (Lipinski definition) is 7. The molecule has 1 saturated heterocycles. The van der Waals surface area contributed by atoms with Gasteiger partial charge in [0.25, 0.3) is 11.1 Å². The molecule has 0 radical (unpaired) electrons. The van der Waals surface area contributed by atoms with Gasteiger partial charge in [0.05, 0.1) is 21.7 Å². The molecule has 0 spiro atoms. The smallest absolute Gasteiger partial charge is 0.326 e. The second-order valence-electron chi connectivity index (χ2n) is 8.31. The summed E-state index contributed by atoms with van der Waals surface area (Å²) in [5.41, 5.74) is 1.70. The first-order valence-corrected chi connectivity index (χ1v) is 13.1. The zero-order valence-corrected chi connectivity index (χ0v) is 22.9. The molecule has 186 valence electrons. The quantitative estimate of drug-likeness (QED) is 0.174. The largest absolute Gasteiger partial charge is 0.493 e. The number of imide groups is 1. The highest BCUT2D eigenvalue weighted by molar-refractivity contribution is 14.1. The zero-order valence-electron chi connectivity index (χ0n) is 19.9. The molecule has 0 aromatic heterocycles. The van der Waals surface area contributed by atoms with Crippen LogP contribution in [0, 0.1) is 3.57 Å². The van der Waals surface area contributed by atoms with Crippen molar-refractivity contribution in [3.05, 3.63) is 74.2 Å². The van der Waals surface area contributed by atoms with Crippen LogP contribution in [0.4, 0.5) is 4.79 Å². The number of esters is 1. The summed E-state index contributed by atoms with van der Waals surface area (Å²) in [6.07, 6.45) is 1.28. The van der Waals surface area contributed by atoms with E-state index in [9.17, 15) is 14.4 Å². The maximum absolute atomic E-state index is 12.8. The van der Waals surface area contributed by atoms with Gasteiger partial charge in [-0.1, -0.05) is 36.4 Å². The van der Waals surface area contributed by atoms with E-state index in [0.717, 1.165) is 31.2 Å². The number of ether oxygens (including phenoxy) is 3. The van der Waals surface area contributed by atoms with Crippen LogP contribution in [0.1, 0.15) is 25.0 Å². The van der Waals surface area contributed by atoms with Gasteiger partial charge < -0.3 is 14.2 Å².